The number of benzene rings is 1. The predicted molar refractivity (Wildman–Crippen MR) is 96.6 cm³/mol. The first-order valence-electron chi connectivity index (χ1n) is 8.99. The van der Waals surface area contributed by atoms with Crippen molar-refractivity contribution in [3.05, 3.63) is 29.8 Å². The van der Waals surface area contributed by atoms with Crippen LogP contribution >= 0.6 is 0 Å². The molecule has 0 aliphatic heterocycles. The van der Waals surface area contributed by atoms with Crippen LogP contribution in [0.15, 0.2) is 24.3 Å². The molecule has 1 saturated carbocycles. The first-order valence-corrected chi connectivity index (χ1v) is 8.99. The van der Waals surface area contributed by atoms with Gasteiger partial charge in [-0.1, -0.05) is 45.7 Å². The first kappa shape index (κ1) is 19.3. The van der Waals surface area contributed by atoms with Crippen LogP contribution in [0.5, 0.6) is 5.75 Å². The monoisotopic (exact) mass is 347 g/mol. The van der Waals surface area contributed by atoms with E-state index in [9.17, 15) is 9.59 Å². The summed E-state index contributed by atoms with van der Waals surface area (Å²) in [6.45, 7) is 7.78. The third-order valence-corrected chi connectivity index (χ3v) is 4.46. The van der Waals surface area contributed by atoms with Crippen LogP contribution in [0.2, 0.25) is 0 Å². The summed E-state index contributed by atoms with van der Waals surface area (Å²) in [5.41, 5.74) is 1.26. The molecule has 1 aliphatic rings. The van der Waals surface area contributed by atoms with Crippen LogP contribution in [-0.2, 0) is 19.7 Å². The number of hydrogen-bond acceptors (Lipinski definition) is 4. The van der Waals surface area contributed by atoms with Gasteiger partial charge in [0, 0.05) is 6.04 Å². The molecule has 5 heteroatoms. The zero-order chi connectivity index (χ0) is 18.4. The van der Waals surface area contributed by atoms with Crippen molar-refractivity contribution in [2.45, 2.75) is 70.9 Å². The minimum absolute atomic E-state index is 0.0690. The van der Waals surface area contributed by atoms with Gasteiger partial charge in [0.25, 0.3) is 5.91 Å². The van der Waals surface area contributed by atoms with Gasteiger partial charge in [-0.15, -0.1) is 0 Å². The first-order chi connectivity index (χ1) is 11.8. The lowest BCUT2D eigenvalue weighted by molar-refractivity contribution is -0.156. The van der Waals surface area contributed by atoms with Crippen LogP contribution in [0.3, 0.4) is 0 Å². The number of rotatable bonds is 6. The second-order valence-corrected chi connectivity index (χ2v) is 7.69. The standard InChI is InChI=1S/C20H29NO4/c1-14(19(23)21-16-7-5-6-8-16)25-18(22)13-24-17-11-9-15(10-12-17)20(2,3)4/h9-12,14,16H,5-8,13H2,1-4H3,(H,21,23). The van der Waals surface area contributed by atoms with Crippen LogP contribution in [0.1, 0.15) is 58.9 Å². The smallest absolute Gasteiger partial charge is 0.344 e. The molecule has 138 valence electrons. The van der Waals surface area contributed by atoms with E-state index in [1.54, 1.807) is 6.92 Å². The van der Waals surface area contributed by atoms with Gasteiger partial charge in [-0.25, -0.2) is 4.79 Å². The Bertz CT molecular complexity index is 583. The van der Waals surface area contributed by atoms with E-state index in [1.807, 2.05) is 24.3 Å². The van der Waals surface area contributed by atoms with Gasteiger partial charge < -0.3 is 14.8 Å². The molecule has 0 aromatic heterocycles. The maximum Gasteiger partial charge on any atom is 0.344 e. The molecule has 0 saturated heterocycles. The highest BCUT2D eigenvalue weighted by molar-refractivity contribution is 5.83. The quantitative estimate of drug-likeness (QED) is 0.802. The zero-order valence-electron chi connectivity index (χ0n) is 15.6. The van der Waals surface area contributed by atoms with E-state index in [0.29, 0.717) is 5.75 Å². The minimum Gasteiger partial charge on any atom is -0.482 e. The molecule has 1 amide bonds. The lowest BCUT2D eigenvalue weighted by Crippen LogP contribution is -2.41. The zero-order valence-corrected chi connectivity index (χ0v) is 15.6. The molecule has 5 nitrogen and oxygen atoms in total. The molecule has 0 heterocycles. The Labute approximate surface area is 150 Å². The molecule has 0 radical (unpaired) electrons. The van der Waals surface area contributed by atoms with Crippen molar-refractivity contribution < 1.29 is 19.1 Å². The van der Waals surface area contributed by atoms with Crippen LogP contribution in [0.4, 0.5) is 0 Å². The number of nitrogens with one attached hydrogen (secondary N) is 1. The molecular formula is C20H29NO4. The Morgan fingerprint density at radius 3 is 2.32 bits per heavy atom. The van der Waals surface area contributed by atoms with Gasteiger partial charge in [-0.2, -0.15) is 0 Å². The van der Waals surface area contributed by atoms with Crippen LogP contribution < -0.4 is 10.1 Å². The SMILES string of the molecule is CC(OC(=O)COc1ccc(C(C)(C)C)cc1)C(=O)NC1CCCC1. The fourth-order valence-electron chi connectivity index (χ4n) is 2.87. The second-order valence-electron chi connectivity index (χ2n) is 7.69. The van der Waals surface area contributed by atoms with E-state index in [1.165, 1.54) is 5.56 Å². The Kier molecular flexibility index (Phi) is 6.45. The number of esters is 1. The Morgan fingerprint density at radius 2 is 1.76 bits per heavy atom. The van der Waals surface area contributed by atoms with E-state index >= 15 is 0 Å². The number of carbonyl (C=O) groups is 2. The molecule has 1 N–H and O–H groups in total. The summed E-state index contributed by atoms with van der Waals surface area (Å²) in [7, 11) is 0. The van der Waals surface area contributed by atoms with Crippen molar-refractivity contribution in [2.24, 2.45) is 0 Å². The third-order valence-electron chi connectivity index (χ3n) is 4.46. The van der Waals surface area contributed by atoms with Gasteiger partial charge in [0.1, 0.15) is 5.75 Å². The average molecular weight is 347 g/mol. The summed E-state index contributed by atoms with van der Waals surface area (Å²) < 4.78 is 10.6. The van der Waals surface area contributed by atoms with Gasteiger partial charge in [0.15, 0.2) is 12.7 Å². The molecule has 25 heavy (non-hydrogen) atoms. The fourth-order valence-corrected chi connectivity index (χ4v) is 2.87. The lowest BCUT2D eigenvalue weighted by atomic mass is 9.87. The normalized spacial score (nSPS) is 16.3. The lowest BCUT2D eigenvalue weighted by Gasteiger charge is -2.19. The molecule has 1 aliphatic carbocycles. The van der Waals surface area contributed by atoms with E-state index in [4.69, 9.17) is 9.47 Å². The van der Waals surface area contributed by atoms with E-state index < -0.39 is 12.1 Å². The van der Waals surface area contributed by atoms with E-state index in [-0.39, 0.29) is 24.0 Å². The maximum absolute atomic E-state index is 12.0. The summed E-state index contributed by atoms with van der Waals surface area (Å²) in [6.07, 6.45) is 3.47. The van der Waals surface area contributed by atoms with E-state index in [0.717, 1.165) is 25.7 Å². The molecule has 1 unspecified atom stereocenters. The predicted octanol–water partition coefficient (Wildman–Crippen LogP) is 3.35. The summed E-state index contributed by atoms with van der Waals surface area (Å²) in [6, 6.07) is 7.86. The van der Waals surface area contributed by atoms with Gasteiger partial charge in [-0.05, 0) is 42.9 Å². The third kappa shape index (κ3) is 6.07. The number of hydrogen-bond donors (Lipinski definition) is 1. The van der Waals surface area contributed by atoms with Gasteiger partial charge in [0.2, 0.25) is 0 Å². The van der Waals surface area contributed by atoms with Crippen molar-refractivity contribution in [1.29, 1.82) is 0 Å². The largest absolute Gasteiger partial charge is 0.482 e. The minimum atomic E-state index is -0.806. The molecular weight excluding hydrogens is 318 g/mol. The highest BCUT2D eigenvalue weighted by atomic mass is 16.6. The molecule has 1 fully saturated rings. The Hall–Kier alpha value is -2.04. The topological polar surface area (TPSA) is 64.6 Å². The highest BCUT2D eigenvalue weighted by Gasteiger charge is 2.23. The molecule has 0 spiro atoms. The van der Waals surface area contributed by atoms with Gasteiger partial charge in [0.05, 0.1) is 0 Å². The summed E-state index contributed by atoms with van der Waals surface area (Å²) in [4.78, 5) is 23.9. The van der Waals surface area contributed by atoms with Crippen molar-refractivity contribution >= 4 is 11.9 Å². The molecule has 1 atom stereocenters. The second kappa shape index (κ2) is 8.37. The van der Waals surface area contributed by atoms with Crippen molar-refractivity contribution in [3.63, 3.8) is 0 Å². The summed E-state index contributed by atoms with van der Waals surface area (Å²) in [5.74, 6) is -0.184. The van der Waals surface area contributed by atoms with Crippen LogP contribution in [-0.4, -0.2) is 30.6 Å². The highest BCUT2D eigenvalue weighted by Crippen LogP contribution is 2.24. The van der Waals surface area contributed by atoms with Crippen molar-refractivity contribution in [2.75, 3.05) is 6.61 Å². The average Bonchev–Trinajstić information content (AvgIpc) is 3.05. The molecule has 2 rings (SSSR count). The number of carbonyl (C=O) groups excluding carboxylic acids is 2. The van der Waals surface area contributed by atoms with Gasteiger partial charge in [-0.3, -0.25) is 4.79 Å². The molecule has 1 aromatic rings. The Morgan fingerprint density at radius 1 is 1.16 bits per heavy atom. The molecule has 0 bridgehead atoms. The Balaban J connectivity index is 1.75. The van der Waals surface area contributed by atoms with Crippen molar-refractivity contribution in [3.8, 4) is 5.75 Å². The van der Waals surface area contributed by atoms with Crippen LogP contribution in [0.25, 0.3) is 0 Å². The van der Waals surface area contributed by atoms with Crippen LogP contribution in [0, 0.1) is 0 Å². The number of ether oxygens (including phenoxy) is 2. The van der Waals surface area contributed by atoms with Crippen molar-refractivity contribution in [1.82, 2.24) is 5.32 Å². The van der Waals surface area contributed by atoms with Gasteiger partial charge >= 0.3 is 5.97 Å². The van der Waals surface area contributed by atoms with E-state index in [2.05, 4.69) is 26.1 Å². The maximum atomic E-state index is 12.0. The molecule has 1 aromatic carbocycles. The number of amides is 1. The summed E-state index contributed by atoms with van der Waals surface area (Å²) >= 11 is 0. The fraction of sp³-hybridized carbons (Fsp3) is 0.600. The summed E-state index contributed by atoms with van der Waals surface area (Å²) in [5, 5.41) is 2.92.